The molecule has 2 aliphatic rings. The molecule has 0 aliphatic carbocycles. The van der Waals surface area contributed by atoms with Crippen LogP contribution < -0.4 is 10.4 Å². The fourth-order valence-corrected chi connectivity index (χ4v) is 8.09. The van der Waals surface area contributed by atoms with Crippen molar-refractivity contribution in [3.63, 3.8) is 0 Å². The van der Waals surface area contributed by atoms with Crippen LogP contribution in [0.15, 0.2) is 60.7 Å². The van der Waals surface area contributed by atoms with Crippen molar-refractivity contribution in [2.45, 2.75) is 18.5 Å². The van der Waals surface area contributed by atoms with Gasteiger partial charge in [-0.05, 0) is 0 Å². The van der Waals surface area contributed by atoms with Crippen LogP contribution in [0.4, 0.5) is 5.69 Å². The zero-order chi connectivity index (χ0) is 15.9. The number of carbonyl (C=O) groups excluding carboxylic acids is 2. The van der Waals surface area contributed by atoms with Gasteiger partial charge < -0.3 is 0 Å². The molecule has 0 spiro atoms. The van der Waals surface area contributed by atoms with Crippen molar-refractivity contribution >= 4 is 30.1 Å². The summed E-state index contributed by atoms with van der Waals surface area (Å²) in [5.74, 6) is -0.653. The molecule has 2 aliphatic heterocycles. The van der Waals surface area contributed by atoms with Crippen LogP contribution in [-0.2, 0) is 18.6 Å². The van der Waals surface area contributed by atoms with E-state index in [1.807, 2.05) is 60.7 Å². The zero-order valence-electron chi connectivity index (χ0n) is 12.3. The van der Waals surface area contributed by atoms with E-state index in [1.54, 1.807) is 0 Å². The van der Waals surface area contributed by atoms with Crippen LogP contribution in [0.25, 0.3) is 0 Å². The van der Waals surface area contributed by atoms with Crippen molar-refractivity contribution in [2.24, 2.45) is 0 Å². The summed E-state index contributed by atoms with van der Waals surface area (Å²) in [6.45, 7) is 0. The normalized spacial score (nSPS) is 25.6. The van der Waals surface area contributed by atoms with Gasteiger partial charge in [0, 0.05) is 0 Å². The minimum atomic E-state index is -3.84. The van der Waals surface area contributed by atoms with Gasteiger partial charge in [0.15, 0.2) is 0 Å². The number of benzene rings is 2. The molecule has 0 unspecified atom stereocenters. The molecule has 5 nitrogen and oxygen atoms in total. The zero-order valence-corrected chi connectivity index (χ0v) is 13.2. The predicted molar refractivity (Wildman–Crippen MR) is 88.3 cm³/mol. The number of hydrogen-bond acceptors (Lipinski definition) is 5. The van der Waals surface area contributed by atoms with Crippen LogP contribution >= 0.6 is 7.21 Å². The topological polar surface area (TPSA) is 64.6 Å². The van der Waals surface area contributed by atoms with E-state index in [0.717, 1.165) is 11.0 Å². The summed E-state index contributed by atoms with van der Waals surface area (Å²) in [7, 11) is -3.84. The standard InChI is InChI=1S/C17H16NO4P/c19-16-11-15-12-17(20)22-23(15,21-16,14-9-5-2-6-10-14)18-13-7-3-1-4-8-13/h1-10,15,18H,11-12H2. The van der Waals surface area contributed by atoms with Gasteiger partial charge in [0.25, 0.3) is 0 Å². The quantitative estimate of drug-likeness (QED) is 0.877. The summed E-state index contributed by atoms with van der Waals surface area (Å²) in [6, 6.07) is 18.7. The van der Waals surface area contributed by atoms with Gasteiger partial charge in [0.05, 0.1) is 0 Å². The van der Waals surface area contributed by atoms with Crippen molar-refractivity contribution < 1.29 is 18.6 Å². The number of hydrogen-bond donors (Lipinski definition) is 1. The molecule has 2 heterocycles. The Morgan fingerprint density at radius 3 is 1.91 bits per heavy atom. The second kappa shape index (κ2) is 4.80. The third-order valence-electron chi connectivity index (χ3n) is 4.39. The van der Waals surface area contributed by atoms with Gasteiger partial charge in [-0.1, -0.05) is 0 Å². The minimum absolute atomic E-state index is 0.193. The Kier molecular flexibility index (Phi) is 2.97. The molecular weight excluding hydrogens is 313 g/mol. The molecule has 2 saturated heterocycles. The Hall–Kier alpha value is -2.39. The van der Waals surface area contributed by atoms with Gasteiger partial charge in [-0.3, -0.25) is 0 Å². The van der Waals surface area contributed by atoms with E-state index in [4.69, 9.17) is 9.05 Å². The SMILES string of the molecule is O=C1CC2CC(=O)OP2(Nc2ccccc2)(c2ccccc2)O1. The van der Waals surface area contributed by atoms with Gasteiger partial charge in [-0.25, -0.2) is 0 Å². The van der Waals surface area contributed by atoms with Crippen molar-refractivity contribution in [3.8, 4) is 0 Å². The molecule has 118 valence electrons. The third-order valence-corrected chi connectivity index (χ3v) is 9.18. The molecule has 0 aromatic heterocycles. The van der Waals surface area contributed by atoms with Gasteiger partial charge in [-0.15, -0.1) is 0 Å². The third kappa shape index (κ3) is 1.97. The van der Waals surface area contributed by atoms with E-state index in [9.17, 15) is 9.59 Å². The van der Waals surface area contributed by atoms with Gasteiger partial charge in [0.1, 0.15) is 0 Å². The summed E-state index contributed by atoms with van der Waals surface area (Å²) in [6.07, 6.45) is 0.385. The maximum atomic E-state index is 12.1. The number of carbonyl (C=O) groups is 2. The molecule has 0 bridgehead atoms. The first-order valence-electron chi connectivity index (χ1n) is 7.48. The number of fused-ring (bicyclic) bond motifs is 1. The molecule has 4 rings (SSSR count). The predicted octanol–water partition coefficient (Wildman–Crippen LogP) is 2.98. The van der Waals surface area contributed by atoms with Gasteiger partial charge >= 0.3 is 133 Å². The molecule has 2 aromatic carbocycles. The molecular formula is C17H16NO4P. The second-order valence-corrected chi connectivity index (χ2v) is 9.70. The Morgan fingerprint density at radius 2 is 1.35 bits per heavy atom. The Morgan fingerprint density at radius 1 is 0.826 bits per heavy atom. The summed E-state index contributed by atoms with van der Waals surface area (Å²) in [4.78, 5) is 24.2. The van der Waals surface area contributed by atoms with Crippen molar-refractivity contribution in [2.75, 3.05) is 5.09 Å². The number of anilines is 1. The van der Waals surface area contributed by atoms with Gasteiger partial charge in [-0.2, -0.15) is 0 Å². The van der Waals surface area contributed by atoms with E-state index in [0.29, 0.717) is 0 Å². The second-order valence-electron chi connectivity index (χ2n) is 5.82. The van der Waals surface area contributed by atoms with E-state index < -0.39 is 7.21 Å². The summed E-state index contributed by atoms with van der Waals surface area (Å²) >= 11 is 0. The van der Waals surface area contributed by atoms with Crippen LogP contribution in [0.3, 0.4) is 0 Å². The number of rotatable bonds is 3. The first kappa shape index (κ1) is 14.2. The average Bonchev–Trinajstić information content (AvgIpc) is 2.96. The molecule has 6 heteroatoms. The van der Waals surface area contributed by atoms with Gasteiger partial charge in [0.2, 0.25) is 0 Å². The number of para-hydroxylation sites is 1. The van der Waals surface area contributed by atoms with Crippen molar-refractivity contribution in [1.82, 2.24) is 0 Å². The summed E-state index contributed by atoms with van der Waals surface area (Å²) < 4.78 is 11.7. The average molecular weight is 329 g/mol. The summed E-state index contributed by atoms with van der Waals surface area (Å²) in [5, 5.41) is 4.09. The van der Waals surface area contributed by atoms with E-state index in [1.165, 1.54) is 0 Å². The monoisotopic (exact) mass is 329 g/mol. The Bertz CT molecular complexity index is 758. The molecule has 0 radical (unpaired) electrons. The van der Waals surface area contributed by atoms with Crippen LogP contribution in [-0.4, -0.2) is 17.6 Å². The molecule has 0 atom stereocenters. The maximum absolute atomic E-state index is 12.1. The van der Waals surface area contributed by atoms with Crippen LogP contribution in [0.2, 0.25) is 0 Å². The Labute approximate surface area is 133 Å². The first-order chi connectivity index (χ1) is 11.1. The summed E-state index contributed by atoms with van der Waals surface area (Å²) in [5.41, 5.74) is 0.479. The molecule has 1 N–H and O–H groups in total. The van der Waals surface area contributed by atoms with Crippen LogP contribution in [0.1, 0.15) is 12.8 Å². The Balaban J connectivity index is 1.94. The van der Waals surface area contributed by atoms with Crippen LogP contribution in [0.5, 0.6) is 0 Å². The van der Waals surface area contributed by atoms with E-state index in [-0.39, 0.29) is 30.4 Å². The van der Waals surface area contributed by atoms with Crippen molar-refractivity contribution in [3.05, 3.63) is 60.7 Å². The molecule has 2 fully saturated rings. The molecule has 0 amide bonds. The first-order valence-corrected chi connectivity index (χ1v) is 9.62. The van der Waals surface area contributed by atoms with E-state index in [2.05, 4.69) is 5.09 Å². The molecule has 23 heavy (non-hydrogen) atoms. The van der Waals surface area contributed by atoms with E-state index >= 15 is 0 Å². The molecule has 0 saturated carbocycles. The fourth-order valence-electron chi connectivity index (χ4n) is 3.42. The fraction of sp³-hybridized carbons (Fsp3) is 0.176. The number of nitrogens with one attached hydrogen (secondary N) is 1. The van der Waals surface area contributed by atoms with Crippen LogP contribution in [0, 0.1) is 0 Å². The molecule has 2 aromatic rings. The van der Waals surface area contributed by atoms with Crippen molar-refractivity contribution in [1.29, 1.82) is 0 Å².